The smallest absolute Gasteiger partial charge is 0.267 e. The standard InChI is InChI=1S/C31H30F3N7O4S3/c1-40-12-16-8-9-17(13-40)41(16)31-38-27(18-4-2-7-23(25(18)34)39-48(44,45)29-21(32)5-3-6-22(29)33)28(46-31)24-10-11-35-30(36-24)37-26-19-14-47(42,43)15-20(19)26/h2-7,10-11,16-17,19-20,26,39H,8-9,12-15H2,1H3,(H,35,36,37)/t16?,17?,19-,20?,26?/m0/s1. The number of nitrogens with zero attached hydrogens (tertiary/aromatic N) is 5. The summed E-state index contributed by atoms with van der Waals surface area (Å²) in [4.78, 5) is 17.9. The highest BCUT2D eigenvalue weighted by Crippen LogP contribution is 2.49. The number of likely N-dealkylation sites (tertiary alicyclic amines) is 1. The maximum Gasteiger partial charge on any atom is 0.267 e. The summed E-state index contributed by atoms with van der Waals surface area (Å²) in [5, 5.41) is 3.94. The van der Waals surface area contributed by atoms with Crippen molar-refractivity contribution in [2.75, 3.05) is 46.6 Å². The predicted octanol–water partition coefficient (Wildman–Crippen LogP) is 4.22. The third-order valence-electron chi connectivity index (χ3n) is 9.60. The van der Waals surface area contributed by atoms with Crippen molar-refractivity contribution >= 4 is 48.0 Å². The summed E-state index contributed by atoms with van der Waals surface area (Å²) in [6.45, 7) is 1.69. The first-order valence-corrected chi connectivity index (χ1v) is 19.5. The van der Waals surface area contributed by atoms with Gasteiger partial charge < -0.3 is 15.1 Å². The minimum absolute atomic E-state index is 0.0129. The van der Waals surface area contributed by atoms with Crippen molar-refractivity contribution in [2.24, 2.45) is 11.8 Å². The monoisotopic (exact) mass is 717 g/mol. The highest BCUT2D eigenvalue weighted by atomic mass is 32.2. The molecule has 252 valence electrons. The lowest BCUT2D eigenvalue weighted by molar-refractivity contribution is 0.264. The van der Waals surface area contributed by atoms with Crippen molar-refractivity contribution < 1.29 is 30.0 Å². The number of sulfonamides is 1. The second-order valence-corrected chi connectivity index (χ2v) is 17.6. The minimum Gasteiger partial charge on any atom is -0.351 e. The first-order chi connectivity index (χ1) is 22.9. The van der Waals surface area contributed by atoms with Crippen molar-refractivity contribution in [3.8, 4) is 21.8 Å². The number of rotatable bonds is 8. The molecule has 4 unspecified atom stereocenters. The van der Waals surface area contributed by atoms with Gasteiger partial charge in [0.25, 0.3) is 10.0 Å². The topological polar surface area (TPSA) is 137 Å². The summed E-state index contributed by atoms with van der Waals surface area (Å²) >= 11 is 1.35. The van der Waals surface area contributed by atoms with Gasteiger partial charge in [-0.15, -0.1) is 0 Å². The molecule has 5 atom stereocenters. The normalized spacial score (nSPS) is 26.0. The molecule has 2 bridgehead atoms. The first-order valence-electron chi connectivity index (χ1n) is 15.4. The van der Waals surface area contributed by atoms with E-state index in [4.69, 9.17) is 9.97 Å². The van der Waals surface area contributed by atoms with E-state index in [1.54, 1.807) is 12.3 Å². The Kier molecular flexibility index (Phi) is 7.46. The van der Waals surface area contributed by atoms with E-state index in [1.165, 1.54) is 29.5 Å². The Labute approximate surface area is 279 Å². The van der Waals surface area contributed by atoms with E-state index >= 15 is 4.39 Å². The van der Waals surface area contributed by atoms with Crippen molar-refractivity contribution in [2.45, 2.75) is 35.9 Å². The summed E-state index contributed by atoms with van der Waals surface area (Å²) in [7, 11) is -5.79. The van der Waals surface area contributed by atoms with E-state index < -0.39 is 47.9 Å². The lowest BCUT2D eigenvalue weighted by atomic mass is 10.1. The van der Waals surface area contributed by atoms with Gasteiger partial charge in [-0.25, -0.2) is 45.0 Å². The molecule has 4 aliphatic rings. The van der Waals surface area contributed by atoms with Crippen LogP contribution in [0, 0.1) is 29.3 Å². The molecule has 2 aromatic heterocycles. The van der Waals surface area contributed by atoms with Gasteiger partial charge in [-0.2, -0.15) is 0 Å². The molecule has 8 rings (SSSR count). The molecule has 3 aliphatic heterocycles. The zero-order chi connectivity index (χ0) is 33.5. The van der Waals surface area contributed by atoms with Gasteiger partial charge in [0.2, 0.25) is 5.95 Å². The van der Waals surface area contributed by atoms with Crippen LogP contribution >= 0.6 is 11.3 Å². The molecule has 0 radical (unpaired) electrons. The zero-order valence-electron chi connectivity index (χ0n) is 25.5. The highest BCUT2D eigenvalue weighted by molar-refractivity contribution is 7.92. The van der Waals surface area contributed by atoms with Crippen molar-refractivity contribution in [3.05, 3.63) is 66.1 Å². The number of benzene rings is 2. The Bertz CT molecular complexity index is 2120. The van der Waals surface area contributed by atoms with Gasteiger partial charge in [0.15, 0.2) is 25.7 Å². The Hall–Kier alpha value is -3.80. The molecule has 2 N–H and O–H groups in total. The minimum atomic E-state index is -4.84. The number of halogens is 3. The number of nitrogens with one attached hydrogen (secondary N) is 2. The highest BCUT2D eigenvalue weighted by Gasteiger charge is 2.59. The fourth-order valence-corrected chi connectivity index (χ4v) is 12.0. The number of fused-ring (bicyclic) bond motifs is 3. The predicted molar refractivity (Wildman–Crippen MR) is 176 cm³/mol. The van der Waals surface area contributed by atoms with Crippen LogP contribution in [0.3, 0.4) is 0 Å². The fourth-order valence-electron chi connectivity index (χ4n) is 7.40. The molecule has 2 aromatic carbocycles. The van der Waals surface area contributed by atoms with Crippen LogP contribution in [-0.2, 0) is 19.9 Å². The molecule has 3 saturated heterocycles. The van der Waals surface area contributed by atoms with Crippen molar-refractivity contribution in [1.29, 1.82) is 0 Å². The molecular weight excluding hydrogens is 688 g/mol. The number of hydrogen-bond donors (Lipinski definition) is 2. The van der Waals surface area contributed by atoms with Crippen LogP contribution in [0.2, 0.25) is 0 Å². The van der Waals surface area contributed by atoms with Crippen LogP contribution in [0.25, 0.3) is 21.8 Å². The number of hydrogen-bond acceptors (Lipinski definition) is 11. The molecule has 0 amide bonds. The number of piperazine rings is 1. The molecule has 4 fully saturated rings. The van der Waals surface area contributed by atoms with Crippen LogP contribution in [0.15, 0.2) is 53.6 Å². The van der Waals surface area contributed by atoms with Crippen molar-refractivity contribution in [3.63, 3.8) is 0 Å². The second-order valence-electron chi connectivity index (χ2n) is 12.9. The Morgan fingerprint density at radius 2 is 1.60 bits per heavy atom. The number of likely N-dealkylation sites (N-methyl/N-ethyl adjacent to an activating group) is 1. The average Bonchev–Trinajstić information content (AvgIpc) is 3.32. The summed E-state index contributed by atoms with van der Waals surface area (Å²) in [5.74, 6) is -3.00. The molecule has 4 aromatic rings. The summed E-state index contributed by atoms with van der Waals surface area (Å²) in [6.07, 6.45) is 3.53. The van der Waals surface area contributed by atoms with E-state index in [0.717, 1.165) is 44.1 Å². The van der Waals surface area contributed by atoms with Gasteiger partial charge >= 0.3 is 0 Å². The maximum absolute atomic E-state index is 16.4. The molecular formula is C31H30F3N7O4S3. The fraction of sp³-hybridized carbons (Fsp3) is 0.387. The summed E-state index contributed by atoms with van der Waals surface area (Å²) in [6, 6.07) is 8.77. The van der Waals surface area contributed by atoms with Gasteiger partial charge in [-0.3, -0.25) is 4.72 Å². The largest absolute Gasteiger partial charge is 0.351 e. The quantitative estimate of drug-likeness (QED) is 0.273. The summed E-state index contributed by atoms with van der Waals surface area (Å²) in [5.41, 5.74) is 0.141. The van der Waals surface area contributed by atoms with Crippen molar-refractivity contribution in [1.82, 2.24) is 19.9 Å². The lowest BCUT2D eigenvalue weighted by Crippen LogP contribution is -2.52. The zero-order valence-corrected chi connectivity index (χ0v) is 27.9. The maximum atomic E-state index is 16.4. The van der Waals surface area contributed by atoms with Crippen LogP contribution in [-0.4, -0.2) is 86.5 Å². The summed E-state index contributed by atoms with van der Waals surface area (Å²) < 4.78 is 97.2. The molecule has 1 aliphatic carbocycles. The van der Waals surface area contributed by atoms with Gasteiger partial charge in [0.1, 0.15) is 11.6 Å². The molecule has 17 heteroatoms. The van der Waals surface area contributed by atoms with Crippen LogP contribution in [0.4, 0.5) is 29.9 Å². The third-order valence-corrected chi connectivity index (χ3v) is 13.9. The molecule has 5 heterocycles. The molecule has 48 heavy (non-hydrogen) atoms. The lowest BCUT2D eigenvalue weighted by Gasteiger charge is -2.39. The van der Waals surface area contributed by atoms with Gasteiger partial charge in [0.05, 0.1) is 33.5 Å². The second kappa shape index (κ2) is 11.4. The van der Waals surface area contributed by atoms with E-state index in [1.807, 2.05) is 4.72 Å². The number of sulfone groups is 1. The van der Waals surface area contributed by atoms with Gasteiger partial charge in [0, 0.05) is 43.0 Å². The molecule has 1 saturated carbocycles. The SMILES string of the molecule is CN1CC2CCC(C1)N2c1nc(-c2cccc(NS(=O)(=O)c3c(F)cccc3F)c2F)c(-c2ccnc(NC3C4CS(=O)(=O)C[C@@H]43)n2)s1. The van der Waals surface area contributed by atoms with Gasteiger partial charge in [-0.1, -0.05) is 23.5 Å². The van der Waals surface area contributed by atoms with Crippen LogP contribution in [0.1, 0.15) is 12.8 Å². The number of thiazole rings is 1. The Balaban J connectivity index is 1.18. The third kappa shape index (κ3) is 5.49. The van der Waals surface area contributed by atoms with Crippen LogP contribution in [0.5, 0.6) is 0 Å². The van der Waals surface area contributed by atoms with E-state index in [2.05, 4.69) is 27.1 Å². The van der Waals surface area contributed by atoms with E-state index in [0.29, 0.717) is 21.7 Å². The van der Waals surface area contributed by atoms with E-state index in [-0.39, 0.29) is 52.7 Å². The molecule has 0 spiro atoms. The average molecular weight is 718 g/mol. The number of aromatic nitrogens is 3. The van der Waals surface area contributed by atoms with Crippen LogP contribution < -0.4 is 14.9 Å². The Morgan fingerprint density at radius 1 is 0.938 bits per heavy atom. The molecule has 11 nitrogen and oxygen atoms in total. The first kappa shape index (κ1) is 31.5. The Morgan fingerprint density at radius 3 is 2.29 bits per heavy atom. The number of anilines is 3. The van der Waals surface area contributed by atoms with E-state index in [9.17, 15) is 25.6 Å². The van der Waals surface area contributed by atoms with Gasteiger partial charge in [-0.05, 0) is 62.1 Å².